The van der Waals surface area contributed by atoms with Gasteiger partial charge in [0.15, 0.2) is 5.78 Å². The normalized spacial score (nSPS) is 13.8. The largest absolute Gasteiger partial charge is 0.389 e. The van der Waals surface area contributed by atoms with Crippen molar-refractivity contribution in [3.05, 3.63) is 71.3 Å². The lowest BCUT2D eigenvalue weighted by Gasteiger charge is -2.16. The van der Waals surface area contributed by atoms with Crippen molar-refractivity contribution < 1.29 is 15.0 Å². The number of alkyl halides is 1. The van der Waals surface area contributed by atoms with E-state index in [-0.39, 0.29) is 5.78 Å². The molecule has 2 atom stereocenters. The van der Waals surface area contributed by atoms with Crippen molar-refractivity contribution in [3.8, 4) is 0 Å². The summed E-state index contributed by atoms with van der Waals surface area (Å²) in [5.74, 6) is -0.0623. The first-order valence-electron chi connectivity index (χ1n) is 6.25. The van der Waals surface area contributed by atoms with Gasteiger partial charge in [-0.15, -0.1) is 0 Å². The van der Waals surface area contributed by atoms with Gasteiger partial charge in [0.05, 0.1) is 6.10 Å². The molecule has 0 aliphatic carbocycles. The zero-order valence-corrected chi connectivity index (χ0v) is 12.3. The van der Waals surface area contributed by atoms with E-state index in [2.05, 4.69) is 15.9 Å². The maximum Gasteiger partial charge on any atom is 0.193 e. The quantitative estimate of drug-likeness (QED) is 0.653. The second-order valence-electron chi connectivity index (χ2n) is 4.48. The molecule has 0 aliphatic rings. The van der Waals surface area contributed by atoms with Gasteiger partial charge in [-0.1, -0.05) is 70.5 Å². The third-order valence-electron chi connectivity index (χ3n) is 3.07. The van der Waals surface area contributed by atoms with Crippen molar-refractivity contribution in [1.82, 2.24) is 0 Å². The number of benzene rings is 2. The van der Waals surface area contributed by atoms with E-state index in [0.717, 1.165) is 0 Å². The lowest BCUT2D eigenvalue weighted by atomic mass is 9.99. The van der Waals surface area contributed by atoms with E-state index in [1.807, 2.05) is 18.2 Å². The highest BCUT2D eigenvalue weighted by Gasteiger charge is 2.17. The van der Waals surface area contributed by atoms with E-state index in [1.54, 1.807) is 36.4 Å². The number of aliphatic hydroxyl groups excluding tert-OH is 2. The van der Waals surface area contributed by atoms with Crippen LogP contribution in [0.4, 0.5) is 0 Å². The third-order valence-corrected chi connectivity index (χ3v) is 3.74. The molecule has 0 fully saturated rings. The molecule has 2 unspecified atom stereocenters. The summed E-state index contributed by atoms with van der Waals surface area (Å²) in [5, 5.41) is 19.7. The number of hydrogen-bond donors (Lipinski definition) is 2. The van der Waals surface area contributed by atoms with Crippen molar-refractivity contribution >= 4 is 21.7 Å². The van der Waals surface area contributed by atoms with Gasteiger partial charge in [0.1, 0.15) is 6.10 Å². The lowest BCUT2D eigenvalue weighted by Crippen LogP contribution is -2.19. The highest BCUT2D eigenvalue weighted by molar-refractivity contribution is 9.09. The van der Waals surface area contributed by atoms with E-state index in [9.17, 15) is 15.0 Å². The first-order valence-corrected chi connectivity index (χ1v) is 7.37. The van der Waals surface area contributed by atoms with E-state index in [0.29, 0.717) is 22.0 Å². The van der Waals surface area contributed by atoms with Crippen molar-refractivity contribution in [2.75, 3.05) is 5.33 Å². The van der Waals surface area contributed by atoms with Crippen LogP contribution in [-0.4, -0.2) is 27.4 Å². The molecule has 0 saturated carbocycles. The van der Waals surface area contributed by atoms with Gasteiger partial charge in [-0.25, -0.2) is 0 Å². The summed E-state index contributed by atoms with van der Waals surface area (Å²) in [4.78, 5) is 12.2. The van der Waals surface area contributed by atoms with Crippen molar-refractivity contribution in [2.24, 2.45) is 0 Å². The summed E-state index contributed by atoms with van der Waals surface area (Å²) in [5.41, 5.74) is 1.77. The summed E-state index contributed by atoms with van der Waals surface area (Å²) in [6.07, 6.45) is -1.83. The van der Waals surface area contributed by atoms with E-state index >= 15 is 0 Å². The number of halogens is 1. The maximum atomic E-state index is 12.2. The molecular formula is C16H15BrO3. The van der Waals surface area contributed by atoms with Crippen LogP contribution in [-0.2, 0) is 0 Å². The number of ketones is 1. The highest BCUT2D eigenvalue weighted by Crippen LogP contribution is 2.19. The van der Waals surface area contributed by atoms with Crippen LogP contribution >= 0.6 is 15.9 Å². The standard InChI is InChI=1S/C16H15BrO3/c17-10-14(18)16(20)13-8-6-12(7-9-13)15(19)11-4-2-1-3-5-11/h1-9,14,16,18,20H,10H2. The Hall–Kier alpha value is -1.49. The zero-order chi connectivity index (χ0) is 14.5. The molecule has 0 radical (unpaired) electrons. The smallest absolute Gasteiger partial charge is 0.193 e. The zero-order valence-electron chi connectivity index (χ0n) is 10.7. The minimum absolute atomic E-state index is 0.0623. The van der Waals surface area contributed by atoms with E-state index in [4.69, 9.17) is 0 Å². The van der Waals surface area contributed by atoms with E-state index in [1.165, 1.54) is 0 Å². The van der Waals surface area contributed by atoms with Crippen LogP contribution in [0.25, 0.3) is 0 Å². The fourth-order valence-corrected chi connectivity index (χ4v) is 2.25. The predicted octanol–water partition coefficient (Wildman–Crippen LogP) is 2.71. The Kier molecular flexibility index (Phi) is 5.06. The maximum absolute atomic E-state index is 12.2. The lowest BCUT2D eigenvalue weighted by molar-refractivity contribution is 0.0343. The third kappa shape index (κ3) is 3.33. The Morgan fingerprint density at radius 3 is 2.05 bits per heavy atom. The molecule has 4 heteroatoms. The Morgan fingerprint density at radius 2 is 1.50 bits per heavy atom. The molecule has 104 valence electrons. The summed E-state index contributed by atoms with van der Waals surface area (Å²) in [6.45, 7) is 0. The average Bonchev–Trinajstić information content (AvgIpc) is 2.53. The second kappa shape index (κ2) is 6.79. The topological polar surface area (TPSA) is 57.5 Å². The summed E-state index contributed by atoms with van der Waals surface area (Å²) < 4.78 is 0. The van der Waals surface area contributed by atoms with Gasteiger partial charge < -0.3 is 10.2 Å². The van der Waals surface area contributed by atoms with Gasteiger partial charge in [0.2, 0.25) is 0 Å². The predicted molar refractivity (Wildman–Crippen MR) is 81.1 cm³/mol. The molecule has 0 bridgehead atoms. The van der Waals surface area contributed by atoms with Crippen LogP contribution < -0.4 is 0 Å². The summed E-state index contributed by atoms with van der Waals surface area (Å²) in [7, 11) is 0. The molecule has 0 saturated heterocycles. The minimum Gasteiger partial charge on any atom is -0.389 e. The molecule has 0 heterocycles. The minimum atomic E-state index is -0.963. The number of rotatable bonds is 5. The fraction of sp³-hybridized carbons (Fsp3) is 0.188. The molecule has 0 amide bonds. The molecule has 0 aliphatic heterocycles. The van der Waals surface area contributed by atoms with Crippen LogP contribution in [0.1, 0.15) is 27.6 Å². The van der Waals surface area contributed by atoms with Crippen molar-refractivity contribution in [1.29, 1.82) is 0 Å². The summed E-state index contributed by atoms with van der Waals surface area (Å²) >= 11 is 3.12. The van der Waals surface area contributed by atoms with Crippen LogP contribution in [0.2, 0.25) is 0 Å². The molecule has 3 nitrogen and oxygen atoms in total. The van der Waals surface area contributed by atoms with Gasteiger partial charge in [0, 0.05) is 16.5 Å². The Morgan fingerprint density at radius 1 is 0.950 bits per heavy atom. The summed E-state index contributed by atoms with van der Waals surface area (Å²) in [6, 6.07) is 15.7. The average molecular weight is 335 g/mol. The molecule has 2 N–H and O–H groups in total. The Bertz CT molecular complexity index is 566. The molecule has 2 rings (SSSR count). The van der Waals surface area contributed by atoms with Gasteiger partial charge in [-0.3, -0.25) is 4.79 Å². The number of carbonyl (C=O) groups excluding carboxylic acids is 1. The molecular weight excluding hydrogens is 320 g/mol. The van der Waals surface area contributed by atoms with Crippen molar-refractivity contribution in [2.45, 2.75) is 12.2 Å². The van der Waals surface area contributed by atoms with Gasteiger partial charge in [-0.2, -0.15) is 0 Å². The van der Waals surface area contributed by atoms with Gasteiger partial charge >= 0.3 is 0 Å². The van der Waals surface area contributed by atoms with Crippen LogP contribution in [0.3, 0.4) is 0 Å². The monoisotopic (exact) mass is 334 g/mol. The second-order valence-corrected chi connectivity index (χ2v) is 5.13. The van der Waals surface area contributed by atoms with Crippen LogP contribution in [0.5, 0.6) is 0 Å². The first-order chi connectivity index (χ1) is 9.63. The highest BCUT2D eigenvalue weighted by atomic mass is 79.9. The first kappa shape index (κ1) is 14.9. The molecule has 2 aromatic carbocycles. The van der Waals surface area contributed by atoms with Gasteiger partial charge in [-0.05, 0) is 5.56 Å². The SMILES string of the molecule is O=C(c1ccccc1)c1ccc(C(O)C(O)CBr)cc1. The molecule has 0 spiro atoms. The van der Waals surface area contributed by atoms with Crippen LogP contribution in [0, 0.1) is 0 Å². The fourth-order valence-electron chi connectivity index (χ4n) is 1.89. The number of carbonyl (C=O) groups is 1. The molecule has 0 aromatic heterocycles. The Labute approximate surface area is 126 Å². The van der Waals surface area contributed by atoms with Crippen LogP contribution in [0.15, 0.2) is 54.6 Å². The van der Waals surface area contributed by atoms with E-state index < -0.39 is 12.2 Å². The van der Waals surface area contributed by atoms with Crippen molar-refractivity contribution in [3.63, 3.8) is 0 Å². The Balaban J connectivity index is 2.18. The van der Waals surface area contributed by atoms with Gasteiger partial charge in [0.25, 0.3) is 0 Å². The molecule has 2 aromatic rings. The molecule has 20 heavy (non-hydrogen) atoms. The number of aliphatic hydroxyl groups is 2. The number of hydrogen-bond acceptors (Lipinski definition) is 3.